The first-order valence-corrected chi connectivity index (χ1v) is 26.5. The predicted octanol–water partition coefficient (Wildman–Crippen LogP) is 5.91. The van der Waals surface area contributed by atoms with Crippen LogP contribution in [-0.4, -0.2) is 173 Å². The van der Waals surface area contributed by atoms with Crippen molar-refractivity contribution in [3.63, 3.8) is 0 Å². The molecule has 0 spiro atoms. The van der Waals surface area contributed by atoms with Crippen LogP contribution in [0, 0.1) is 0 Å². The van der Waals surface area contributed by atoms with Gasteiger partial charge in [-0.2, -0.15) is 0 Å². The van der Waals surface area contributed by atoms with E-state index < -0.39 is 128 Å². The van der Waals surface area contributed by atoms with Crippen LogP contribution in [-0.2, 0) is 95.3 Å². The molecule has 3 heterocycles. The van der Waals surface area contributed by atoms with Crippen LogP contribution >= 0.6 is 0 Å². The van der Waals surface area contributed by atoms with Gasteiger partial charge in [0.05, 0.1) is 19.8 Å². The van der Waals surface area contributed by atoms with Crippen LogP contribution in [0.4, 0.5) is 0 Å². The molecule has 0 bridgehead atoms. The fraction of sp³-hybridized carbons (Fsp3) is 0.836. The van der Waals surface area contributed by atoms with Crippen molar-refractivity contribution in [2.75, 3.05) is 19.8 Å². The van der Waals surface area contributed by atoms with E-state index in [1.54, 1.807) is 0 Å². The van der Waals surface area contributed by atoms with E-state index in [-0.39, 0.29) is 94.5 Å². The highest BCUT2D eigenvalue weighted by Gasteiger charge is 2.50. The van der Waals surface area contributed by atoms with Gasteiger partial charge in [0.25, 0.3) is 0 Å². The molecule has 80 heavy (non-hydrogen) atoms. The Morgan fingerprint density at radius 1 is 0.325 bits per heavy atom. The zero-order valence-electron chi connectivity index (χ0n) is 45.7. The summed E-state index contributed by atoms with van der Waals surface area (Å²) in [7, 11) is 0. The van der Waals surface area contributed by atoms with Gasteiger partial charge in [-0.15, -0.1) is 0 Å². The number of carbonyl (C=O) groups excluding carboxylic acids is 9. The molecule has 0 saturated carbocycles. The molecular formula is C55H102O25. The fourth-order valence-corrected chi connectivity index (χ4v) is 6.68. The number of rotatable bonds is 25. The number of aliphatic hydroxyl groups excluding tert-OH is 5. The summed E-state index contributed by atoms with van der Waals surface area (Å²) in [5.74, 6) is -4.46. The molecule has 25 nitrogen and oxygen atoms in total. The molecule has 0 aromatic carbocycles. The van der Waals surface area contributed by atoms with Crippen molar-refractivity contribution in [1.82, 2.24) is 0 Å². The van der Waals surface area contributed by atoms with E-state index >= 15 is 0 Å². The van der Waals surface area contributed by atoms with Crippen LogP contribution in [0.25, 0.3) is 0 Å². The Balaban J connectivity index is -0.000000336. The van der Waals surface area contributed by atoms with Crippen LogP contribution in [0.2, 0.25) is 0 Å². The molecule has 3 unspecified atom stereocenters. The second-order valence-corrected chi connectivity index (χ2v) is 17.7. The van der Waals surface area contributed by atoms with Gasteiger partial charge in [-0.05, 0) is 57.8 Å². The summed E-state index contributed by atoms with van der Waals surface area (Å²) in [6.45, 7) is 16.0. The number of aliphatic hydroxyl groups is 5. The summed E-state index contributed by atoms with van der Waals surface area (Å²) in [5.41, 5.74) is 0. The first-order chi connectivity index (χ1) is 36.1. The Morgan fingerprint density at radius 2 is 0.600 bits per heavy atom. The summed E-state index contributed by atoms with van der Waals surface area (Å²) < 4.78 is 57.3. The lowest BCUT2D eigenvalue weighted by molar-refractivity contribution is -0.275. The molecule has 25 heteroatoms. The minimum absolute atomic E-state index is 0. The first kappa shape index (κ1) is 83.9. The number of carbonyl (C=O) groups is 9. The van der Waals surface area contributed by atoms with Crippen molar-refractivity contribution < 1.29 is 121 Å². The maximum absolute atomic E-state index is 12.2. The highest BCUT2D eigenvalue weighted by molar-refractivity contribution is 5.85. The van der Waals surface area contributed by atoms with Crippen molar-refractivity contribution in [1.29, 1.82) is 0 Å². The predicted molar refractivity (Wildman–Crippen MR) is 289 cm³/mol. The van der Waals surface area contributed by atoms with Crippen LogP contribution < -0.4 is 0 Å². The highest BCUT2D eigenvalue weighted by atomic mass is 16.7. The average molecular weight is 1160 g/mol. The molecular weight excluding hydrogens is 1060 g/mol. The normalized spacial score (nSPS) is 24.3. The van der Waals surface area contributed by atoms with E-state index in [1.807, 2.05) is 62.3 Å². The van der Waals surface area contributed by atoms with Gasteiger partial charge in [0.15, 0.2) is 43.1 Å². The monoisotopic (exact) mass is 1160 g/mol. The number of hydrogen-bond donors (Lipinski definition) is 5. The molecule has 0 amide bonds. The van der Waals surface area contributed by atoms with Crippen LogP contribution in [0.5, 0.6) is 0 Å². The molecule has 3 fully saturated rings. The van der Waals surface area contributed by atoms with Gasteiger partial charge in [-0.3, -0.25) is 43.2 Å². The Hall–Kier alpha value is -4.89. The van der Waals surface area contributed by atoms with E-state index in [1.165, 1.54) is 0 Å². The Kier molecular flexibility index (Phi) is 51.2. The van der Waals surface area contributed by atoms with Gasteiger partial charge in [0.2, 0.25) is 12.4 Å². The van der Waals surface area contributed by atoms with E-state index in [2.05, 4.69) is 9.47 Å². The van der Waals surface area contributed by atoms with Crippen LogP contribution in [0.1, 0.15) is 208 Å². The molecule has 3 rings (SSSR count). The van der Waals surface area contributed by atoms with E-state index in [9.17, 15) is 48.3 Å². The molecule has 0 radical (unpaired) electrons. The summed E-state index contributed by atoms with van der Waals surface area (Å²) in [5, 5.41) is 45.3. The number of esters is 9. The van der Waals surface area contributed by atoms with Gasteiger partial charge in [0.1, 0.15) is 18.3 Å². The molecule has 472 valence electrons. The lowest BCUT2D eigenvalue weighted by atomic mass is 10.0. The van der Waals surface area contributed by atoms with E-state index in [0.29, 0.717) is 57.8 Å². The standard InChI is InChI=1S/C21H34O9.C17H28O8.C8H14O3.C5H10O5.4CH4/c1-5-9-15(22)27-14-13-26-21(30-18(25)12-8-4)20(29-17(24)11-7-3)19(14)28-16(23)10-6-2;1-4-7-12(18)23-11-10-22-17(21)16(25-14(20)9-6-3)15(11)24-13(19)8-5-2;1-3-5-7(9)11-8(10)6-4-2;6-2-1-10-5(9)4(8)3(2)7;;;;/h14,19-21H,5-13H2,1-4H3;11,15-17,21H,4-10H2,1-3H3;3-6H2,1-2H3;2-9H,1H2;4*1H4/t14-,19-,20+,21?;11-,15-,16+,17?;;2-,3-,4+,5?;;;;/m00.0..../s1. The zero-order chi connectivity index (χ0) is 57.8. The van der Waals surface area contributed by atoms with Gasteiger partial charge in [0, 0.05) is 57.8 Å². The van der Waals surface area contributed by atoms with E-state index in [0.717, 1.165) is 12.8 Å². The largest absolute Gasteiger partial charge is 0.456 e. The molecule has 3 aliphatic rings. The molecule has 3 aliphatic heterocycles. The van der Waals surface area contributed by atoms with Crippen LogP contribution in [0.15, 0.2) is 0 Å². The third-order valence-corrected chi connectivity index (χ3v) is 10.5. The minimum atomic E-state index is -1.46. The quantitative estimate of drug-likeness (QED) is 0.0403. The van der Waals surface area contributed by atoms with Gasteiger partial charge in [-0.25, -0.2) is 0 Å². The second kappa shape index (κ2) is 48.8. The lowest BCUT2D eigenvalue weighted by Crippen LogP contribution is -2.58. The highest BCUT2D eigenvalue weighted by Crippen LogP contribution is 2.28. The molecule has 0 aromatic rings. The maximum atomic E-state index is 12.2. The minimum Gasteiger partial charge on any atom is -0.456 e. The zero-order valence-corrected chi connectivity index (χ0v) is 45.7. The van der Waals surface area contributed by atoms with E-state index in [4.69, 9.17) is 63.1 Å². The second-order valence-electron chi connectivity index (χ2n) is 17.7. The number of ether oxygens (including phenoxy) is 11. The van der Waals surface area contributed by atoms with Gasteiger partial charge < -0.3 is 77.6 Å². The SMILES string of the molecule is C.C.C.C.CCCC(=O)OC(=O)CCC.CCCC(=O)OC1OC[C@H](OC(=O)CCC)[C@H](OC(=O)CCC)[C@H]1OC(=O)CCC.CCCC(=O)O[C@H]1[C@@H](OC(=O)CCC)COC(O)[C@@H]1OC(=O)CCC.OC1OC[C@H](O)[C@H](O)[C@H]1O. The van der Waals surface area contributed by atoms with Crippen molar-refractivity contribution in [2.24, 2.45) is 0 Å². The van der Waals surface area contributed by atoms with Crippen molar-refractivity contribution in [2.45, 2.75) is 281 Å². The Labute approximate surface area is 474 Å². The van der Waals surface area contributed by atoms with Crippen molar-refractivity contribution >= 4 is 53.7 Å². The third kappa shape index (κ3) is 34.4. The third-order valence-electron chi connectivity index (χ3n) is 10.5. The summed E-state index contributed by atoms with van der Waals surface area (Å²) >= 11 is 0. The Morgan fingerprint density at radius 3 is 0.950 bits per heavy atom. The van der Waals surface area contributed by atoms with Gasteiger partial charge in [-0.1, -0.05) is 92.0 Å². The fourth-order valence-electron chi connectivity index (χ4n) is 6.68. The van der Waals surface area contributed by atoms with Crippen LogP contribution in [0.3, 0.4) is 0 Å². The molecule has 3 saturated heterocycles. The topological polar surface area (TPSA) is 356 Å². The molecule has 0 aliphatic carbocycles. The molecule has 12 atom stereocenters. The van der Waals surface area contributed by atoms with Crippen molar-refractivity contribution in [3.05, 3.63) is 0 Å². The summed E-state index contributed by atoms with van der Waals surface area (Å²) in [6, 6.07) is 0. The molecule has 5 N–H and O–H groups in total. The first-order valence-electron chi connectivity index (χ1n) is 26.5. The van der Waals surface area contributed by atoms with Crippen molar-refractivity contribution in [3.8, 4) is 0 Å². The van der Waals surface area contributed by atoms with Gasteiger partial charge >= 0.3 is 53.7 Å². The smallest absolute Gasteiger partial charge is 0.313 e. The Bertz CT molecular complexity index is 1650. The molecule has 0 aromatic heterocycles. The lowest BCUT2D eigenvalue weighted by Gasteiger charge is -2.40. The summed E-state index contributed by atoms with van der Waals surface area (Å²) in [4.78, 5) is 105. The summed E-state index contributed by atoms with van der Waals surface area (Å²) in [6.07, 6.45) is -7.38. The number of hydrogen-bond acceptors (Lipinski definition) is 25. The maximum Gasteiger partial charge on any atom is 0.313 e. The average Bonchev–Trinajstić information content (AvgIpc) is 3.34.